The Bertz CT molecular complexity index is 386. The number of hydrogen-bond donors (Lipinski definition) is 1. The molecule has 1 aromatic heterocycles. The van der Waals surface area contributed by atoms with E-state index in [1.807, 2.05) is 23.9 Å². The SMILES string of the molecule is CNC1CCCC1CCn1ccccc1=O. The molecule has 2 rings (SSSR count). The Morgan fingerprint density at radius 2 is 2.31 bits per heavy atom. The second-order valence-electron chi connectivity index (χ2n) is 4.61. The van der Waals surface area contributed by atoms with Crippen LogP contribution >= 0.6 is 0 Å². The van der Waals surface area contributed by atoms with Gasteiger partial charge in [-0.3, -0.25) is 4.79 Å². The Balaban J connectivity index is 1.92. The van der Waals surface area contributed by atoms with Crippen molar-refractivity contribution in [2.75, 3.05) is 7.05 Å². The van der Waals surface area contributed by atoms with E-state index < -0.39 is 0 Å². The molecule has 0 spiro atoms. The third-order valence-electron chi connectivity index (χ3n) is 3.67. The first-order valence-corrected chi connectivity index (χ1v) is 6.14. The molecule has 3 heteroatoms. The van der Waals surface area contributed by atoms with E-state index in [4.69, 9.17) is 0 Å². The summed E-state index contributed by atoms with van der Waals surface area (Å²) in [5.74, 6) is 0.733. The minimum absolute atomic E-state index is 0.113. The molecule has 0 bridgehead atoms. The maximum atomic E-state index is 11.5. The molecule has 1 heterocycles. The molecule has 1 aromatic rings. The summed E-state index contributed by atoms with van der Waals surface area (Å²) in [6.07, 6.45) is 6.89. The van der Waals surface area contributed by atoms with Crippen molar-refractivity contribution >= 4 is 0 Å². The number of aryl methyl sites for hydroxylation is 1. The molecule has 1 N–H and O–H groups in total. The highest BCUT2D eigenvalue weighted by atomic mass is 16.1. The second-order valence-corrected chi connectivity index (χ2v) is 4.61. The highest BCUT2D eigenvalue weighted by Crippen LogP contribution is 2.28. The van der Waals surface area contributed by atoms with Crippen LogP contribution in [-0.4, -0.2) is 17.7 Å². The van der Waals surface area contributed by atoms with Crippen LogP contribution in [0.4, 0.5) is 0 Å². The first-order chi connectivity index (χ1) is 7.81. The number of nitrogens with one attached hydrogen (secondary N) is 1. The first-order valence-electron chi connectivity index (χ1n) is 6.14. The van der Waals surface area contributed by atoms with Crippen LogP contribution in [-0.2, 0) is 6.54 Å². The maximum absolute atomic E-state index is 11.5. The van der Waals surface area contributed by atoms with Gasteiger partial charge in [0.1, 0.15) is 0 Å². The predicted molar refractivity (Wildman–Crippen MR) is 65.5 cm³/mol. The minimum Gasteiger partial charge on any atom is -0.317 e. The summed E-state index contributed by atoms with van der Waals surface area (Å²) in [4.78, 5) is 11.5. The molecule has 16 heavy (non-hydrogen) atoms. The molecule has 1 fully saturated rings. The van der Waals surface area contributed by atoms with Crippen LogP contribution in [0, 0.1) is 5.92 Å². The van der Waals surface area contributed by atoms with E-state index in [2.05, 4.69) is 5.32 Å². The monoisotopic (exact) mass is 220 g/mol. The number of hydrogen-bond acceptors (Lipinski definition) is 2. The fraction of sp³-hybridized carbons (Fsp3) is 0.615. The van der Waals surface area contributed by atoms with E-state index in [1.165, 1.54) is 19.3 Å². The average Bonchev–Trinajstić information content (AvgIpc) is 2.75. The highest BCUT2D eigenvalue weighted by molar-refractivity contribution is 4.93. The van der Waals surface area contributed by atoms with Crippen LogP contribution in [0.15, 0.2) is 29.2 Å². The molecule has 1 aliphatic carbocycles. The molecule has 0 amide bonds. The molecule has 0 aromatic carbocycles. The molecule has 1 aliphatic rings. The molecular formula is C13H20N2O. The molecule has 2 unspecified atom stereocenters. The number of rotatable bonds is 4. The molecular weight excluding hydrogens is 200 g/mol. The van der Waals surface area contributed by atoms with Gasteiger partial charge >= 0.3 is 0 Å². The third kappa shape index (κ3) is 2.53. The zero-order valence-electron chi connectivity index (χ0n) is 9.86. The van der Waals surface area contributed by atoms with E-state index in [-0.39, 0.29) is 5.56 Å². The molecule has 1 saturated carbocycles. The van der Waals surface area contributed by atoms with Gasteiger partial charge in [-0.25, -0.2) is 0 Å². The van der Waals surface area contributed by atoms with Crippen LogP contribution < -0.4 is 10.9 Å². The standard InChI is InChI=1S/C13H20N2O/c1-14-12-6-4-5-11(12)8-10-15-9-3-2-7-13(15)16/h2-3,7,9,11-12,14H,4-6,8,10H2,1H3. The Labute approximate surface area is 96.5 Å². The topological polar surface area (TPSA) is 34.0 Å². The van der Waals surface area contributed by atoms with Crippen LogP contribution in [0.2, 0.25) is 0 Å². The van der Waals surface area contributed by atoms with E-state index >= 15 is 0 Å². The summed E-state index contributed by atoms with van der Waals surface area (Å²) in [6, 6.07) is 6.00. The number of aromatic nitrogens is 1. The van der Waals surface area contributed by atoms with Crippen molar-refractivity contribution in [2.45, 2.75) is 38.3 Å². The second kappa shape index (κ2) is 5.30. The lowest BCUT2D eigenvalue weighted by atomic mass is 10.00. The molecule has 0 aliphatic heterocycles. The van der Waals surface area contributed by atoms with Gasteiger partial charge in [-0.1, -0.05) is 12.5 Å². The summed E-state index contributed by atoms with van der Waals surface area (Å²) in [5.41, 5.74) is 0.113. The van der Waals surface area contributed by atoms with Crippen molar-refractivity contribution in [2.24, 2.45) is 5.92 Å². The largest absolute Gasteiger partial charge is 0.317 e. The Kier molecular flexibility index (Phi) is 3.78. The van der Waals surface area contributed by atoms with Gasteiger partial charge in [-0.2, -0.15) is 0 Å². The van der Waals surface area contributed by atoms with Gasteiger partial charge in [0.25, 0.3) is 0 Å². The van der Waals surface area contributed by atoms with E-state index in [9.17, 15) is 4.79 Å². The van der Waals surface area contributed by atoms with Gasteiger partial charge in [0, 0.05) is 24.8 Å². The zero-order valence-corrected chi connectivity index (χ0v) is 9.86. The van der Waals surface area contributed by atoms with Crippen molar-refractivity contribution in [3.63, 3.8) is 0 Å². The van der Waals surface area contributed by atoms with Gasteiger partial charge in [-0.05, 0) is 38.3 Å². The van der Waals surface area contributed by atoms with Crippen molar-refractivity contribution in [1.82, 2.24) is 9.88 Å². The fourth-order valence-electron chi connectivity index (χ4n) is 2.71. The van der Waals surface area contributed by atoms with Crippen molar-refractivity contribution < 1.29 is 0 Å². The molecule has 2 atom stereocenters. The van der Waals surface area contributed by atoms with Crippen molar-refractivity contribution in [3.8, 4) is 0 Å². The van der Waals surface area contributed by atoms with Crippen molar-refractivity contribution in [1.29, 1.82) is 0 Å². The molecule has 0 radical (unpaired) electrons. The smallest absolute Gasteiger partial charge is 0.250 e. The van der Waals surface area contributed by atoms with E-state index in [0.29, 0.717) is 6.04 Å². The first kappa shape index (κ1) is 11.4. The normalized spacial score (nSPS) is 24.8. The Morgan fingerprint density at radius 3 is 3.06 bits per heavy atom. The van der Waals surface area contributed by atoms with Gasteiger partial charge in [0.15, 0.2) is 0 Å². The van der Waals surface area contributed by atoms with Crippen LogP contribution in [0.1, 0.15) is 25.7 Å². The fourth-order valence-corrected chi connectivity index (χ4v) is 2.71. The van der Waals surface area contributed by atoms with E-state index in [1.54, 1.807) is 12.1 Å². The molecule has 3 nitrogen and oxygen atoms in total. The van der Waals surface area contributed by atoms with Crippen molar-refractivity contribution in [3.05, 3.63) is 34.7 Å². The molecule has 0 saturated heterocycles. The van der Waals surface area contributed by atoms with Gasteiger partial charge in [0.2, 0.25) is 5.56 Å². The lowest BCUT2D eigenvalue weighted by Gasteiger charge is -2.19. The van der Waals surface area contributed by atoms with E-state index in [0.717, 1.165) is 18.9 Å². The summed E-state index contributed by atoms with van der Waals surface area (Å²) >= 11 is 0. The van der Waals surface area contributed by atoms with Crippen LogP contribution in [0.5, 0.6) is 0 Å². The maximum Gasteiger partial charge on any atom is 0.250 e. The Hall–Kier alpha value is -1.09. The van der Waals surface area contributed by atoms with Crippen LogP contribution in [0.25, 0.3) is 0 Å². The predicted octanol–water partition coefficient (Wildman–Crippen LogP) is 1.63. The van der Waals surface area contributed by atoms with Gasteiger partial charge in [0.05, 0.1) is 0 Å². The Morgan fingerprint density at radius 1 is 1.44 bits per heavy atom. The van der Waals surface area contributed by atoms with Gasteiger partial charge in [-0.15, -0.1) is 0 Å². The lowest BCUT2D eigenvalue weighted by Crippen LogP contribution is -2.30. The highest BCUT2D eigenvalue weighted by Gasteiger charge is 2.25. The summed E-state index contributed by atoms with van der Waals surface area (Å²) in [7, 11) is 2.04. The molecule has 88 valence electrons. The summed E-state index contributed by atoms with van der Waals surface area (Å²) in [6.45, 7) is 0.850. The summed E-state index contributed by atoms with van der Waals surface area (Å²) < 4.78 is 1.81. The summed E-state index contributed by atoms with van der Waals surface area (Å²) in [5, 5.41) is 3.38. The quantitative estimate of drug-likeness (QED) is 0.836. The number of nitrogens with zero attached hydrogens (tertiary/aromatic N) is 1. The number of pyridine rings is 1. The average molecular weight is 220 g/mol. The third-order valence-corrected chi connectivity index (χ3v) is 3.67. The minimum atomic E-state index is 0.113. The lowest BCUT2D eigenvalue weighted by molar-refractivity contribution is 0.376. The van der Waals surface area contributed by atoms with Crippen LogP contribution in [0.3, 0.4) is 0 Å². The van der Waals surface area contributed by atoms with Gasteiger partial charge < -0.3 is 9.88 Å². The zero-order chi connectivity index (χ0) is 11.4.